The molecule has 1 aliphatic carbocycles. The highest BCUT2D eigenvalue weighted by atomic mass is 16.5. The topological polar surface area (TPSA) is 44.3 Å². The first kappa shape index (κ1) is 15.9. The van der Waals surface area contributed by atoms with Gasteiger partial charge >= 0.3 is 0 Å². The third-order valence-corrected chi connectivity index (χ3v) is 5.18. The van der Waals surface area contributed by atoms with Crippen LogP contribution in [0.5, 0.6) is 0 Å². The van der Waals surface area contributed by atoms with E-state index in [9.17, 15) is 5.21 Å². The second-order valence-corrected chi connectivity index (χ2v) is 7.81. The lowest BCUT2D eigenvalue weighted by Gasteiger charge is -2.42. The molecule has 0 saturated heterocycles. The van der Waals surface area contributed by atoms with Crippen molar-refractivity contribution in [3.63, 3.8) is 0 Å². The largest absolute Gasteiger partial charge is 0.354 e. The van der Waals surface area contributed by atoms with Crippen LogP contribution in [-0.4, -0.2) is 5.21 Å². The number of anilines is 3. The van der Waals surface area contributed by atoms with Gasteiger partial charge in [-0.15, -0.1) is 0 Å². The fraction of sp³-hybridized carbons (Fsp3) is 0.400. The summed E-state index contributed by atoms with van der Waals surface area (Å²) >= 11 is 0. The Kier molecular flexibility index (Phi) is 3.85. The van der Waals surface area contributed by atoms with Crippen molar-refractivity contribution in [2.75, 3.05) is 10.8 Å². The predicted molar refractivity (Wildman–Crippen MR) is 96.9 cm³/mol. The average Bonchev–Trinajstić information content (AvgIpc) is 2.52. The van der Waals surface area contributed by atoms with Gasteiger partial charge in [0.25, 0.3) is 0 Å². The van der Waals surface area contributed by atoms with Gasteiger partial charge in [-0.05, 0) is 59.1 Å². The van der Waals surface area contributed by atoms with Crippen molar-refractivity contribution in [2.45, 2.75) is 51.4 Å². The Morgan fingerprint density at radius 1 is 0.826 bits per heavy atom. The highest BCUT2D eigenvalue weighted by molar-refractivity contribution is 5.74. The van der Waals surface area contributed by atoms with Gasteiger partial charge in [-0.2, -0.15) is 0 Å². The van der Waals surface area contributed by atoms with E-state index in [-0.39, 0.29) is 10.8 Å². The summed E-state index contributed by atoms with van der Waals surface area (Å²) in [5.74, 6) is 0. The van der Waals surface area contributed by atoms with Crippen molar-refractivity contribution in [1.29, 1.82) is 0 Å². The fourth-order valence-electron chi connectivity index (χ4n) is 3.51. The summed E-state index contributed by atoms with van der Waals surface area (Å²) in [4.78, 5) is 0. The molecule has 3 heteroatoms. The molecule has 0 saturated carbocycles. The summed E-state index contributed by atoms with van der Waals surface area (Å²) in [6.45, 7) is 9.32. The molecule has 0 fully saturated rings. The number of hydrogen-bond acceptors (Lipinski definition) is 3. The molecule has 0 spiro atoms. The molecule has 0 atom stereocenters. The van der Waals surface area contributed by atoms with Gasteiger partial charge in [0.05, 0.1) is 11.4 Å². The molecule has 0 bridgehead atoms. The minimum atomic E-state index is 0.192. The SMILES string of the molecule is CC1(C)CCC(C)(C)c2cc(Nc3ccccc3NO)ccc21. The highest BCUT2D eigenvalue weighted by Crippen LogP contribution is 2.46. The zero-order chi connectivity index (χ0) is 16.7. The van der Waals surface area contributed by atoms with Crippen LogP contribution < -0.4 is 10.8 Å². The summed E-state index contributed by atoms with van der Waals surface area (Å²) < 4.78 is 0. The third kappa shape index (κ3) is 2.93. The first-order valence-electron chi connectivity index (χ1n) is 8.25. The van der Waals surface area contributed by atoms with E-state index in [1.165, 1.54) is 24.0 Å². The molecule has 122 valence electrons. The fourth-order valence-corrected chi connectivity index (χ4v) is 3.51. The molecule has 0 aromatic heterocycles. The van der Waals surface area contributed by atoms with Gasteiger partial charge < -0.3 is 5.32 Å². The van der Waals surface area contributed by atoms with Gasteiger partial charge in [0.1, 0.15) is 0 Å². The van der Waals surface area contributed by atoms with Gasteiger partial charge in [0, 0.05) is 5.69 Å². The maximum Gasteiger partial charge on any atom is 0.0836 e. The molecule has 3 nitrogen and oxygen atoms in total. The minimum Gasteiger partial charge on any atom is -0.354 e. The summed E-state index contributed by atoms with van der Waals surface area (Å²) in [6.07, 6.45) is 2.42. The van der Waals surface area contributed by atoms with E-state index in [0.29, 0.717) is 5.69 Å². The number of hydrogen-bond donors (Lipinski definition) is 3. The highest BCUT2D eigenvalue weighted by Gasteiger charge is 2.36. The molecule has 2 aromatic carbocycles. The number of rotatable bonds is 3. The maximum atomic E-state index is 9.25. The quantitative estimate of drug-likeness (QED) is 0.648. The molecular weight excluding hydrogens is 284 g/mol. The van der Waals surface area contributed by atoms with Gasteiger partial charge in [0.15, 0.2) is 0 Å². The Balaban J connectivity index is 2.00. The molecule has 23 heavy (non-hydrogen) atoms. The smallest absolute Gasteiger partial charge is 0.0836 e. The van der Waals surface area contributed by atoms with Crippen LogP contribution in [0.2, 0.25) is 0 Å². The van der Waals surface area contributed by atoms with Crippen molar-refractivity contribution >= 4 is 17.1 Å². The normalized spacial score (nSPS) is 18.1. The molecule has 1 aliphatic rings. The predicted octanol–water partition coefficient (Wildman–Crippen LogP) is 5.58. The number of nitrogens with one attached hydrogen (secondary N) is 2. The van der Waals surface area contributed by atoms with E-state index >= 15 is 0 Å². The monoisotopic (exact) mass is 310 g/mol. The summed E-state index contributed by atoms with van der Waals surface area (Å²) in [6, 6.07) is 14.3. The van der Waals surface area contributed by atoms with Crippen molar-refractivity contribution in [3.05, 3.63) is 53.6 Å². The lowest BCUT2D eigenvalue weighted by molar-refractivity contribution is 0.332. The van der Waals surface area contributed by atoms with Crippen molar-refractivity contribution in [1.82, 2.24) is 0 Å². The van der Waals surface area contributed by atoms with Crippen LogP contribution in [0, 0.1) is 0 Å². The Morgan fingerprint density at radius 3 is 2.09 bits per heavy atom. The van der Waals surface area contributed by atoms with Crippen LogP contribution in [0.25, 0.3) is 0 Å². The number of benzene rings is 2. The Morgan fingerprint density at radius 2 is 1.43 bits per heavy atom. The molecule has 0 aliphatic heterocycles. The van der Waals surface area contributed by atoms with Crippen LogP contribution in [-0.2, 0) is 10.8 Å². The third-order valence-electron chi connectivity index (χ3n) is 5.18. The van der Waals surface area contributed by atoms with Crippen LogP contribution >= 0.6 is 0 Å². The van der Waals surface area contributed by atoms with Crippen LogP contribution in [0.1, 0.15) is 51.7 Å². The Hall–Kier alpha value is -2.00. The van der Waals surface area contributed by atoms with E-state index in [1.54, 1.807) is 0 Å². The van der Waals surface area contributed by atoms with Gasteiger partial charge in [-0.1, -0.05) is 45.9 Å². The van der Waals surface area contributed by atoms with Crippen LogP contribution in [0.4, 0.5) is 17.1 Å². The molecule has 0 amide bonds. The van der Waals surface area contributed by atoms with Gasteiger partial charge in [0.2, 0.25) is 0 Å². The first-order valence-corrected chi connectivity index (χ1v) is 8.25. The molecule has 0 radical (unpaired) electrons. The lowest BCUT2D eigenvalue weighted by atomic mass is 9.63. The van der Waals surface area contributed by atoms with Crippen LogP contribution in [0.15, 0.2) is 42.5 Å². The maximum absolute atomic E-state index is 9.25. The van der Waals surface area contributed by atoms with Crippen molar-refractivity contribution in [2.24, 2.45) is 0 Å². The summed E-state index contributed by atoms with van der Waals surface area (Å²) in [7, 11) is 0. The summed E-state index contributed by atoms with van der Waals surface area (Å²) in [5, 5.41) is 12.7. The average molecular weight is 310 g/mol. The lowest BCUT2D eigenvalue weighted by Crippen LogP contribution is -2.33. The molecule has 0 heterocycles. The van der Waals surface area contributed by atoms with E-state index in [2.05, 4.69) is 56.7 Å². The molecule has 3 N–H and O–H groups in total. The molecular formula is C20H26N2O. The minimum absolute atomic E-state index is 0.192. The van der Waals surface area contributed by atoms with Gasteiger partial charge in [-0.25, -0.2) is 0 Å². The second-order valence-electron chi connectivity index (χ2n) is 7.81. The zero-order valence-electron chi connectivity index (χ0n) is 14.4. The second kappa shape index (κ2) is 5.57. The Labute approximate surface area is 138 Å². The number of fused-ring (bicyclic) bond motifs is 1. The van der Waals surface area contributed by atoms with E-state index in [4.69, 9.17) is 0 Å². The van der Waals surface area contributed by atoms with E-state index in [0.717, 1.165) is 11.4 Å². The zero-order valence-corrected chi connectivity index (χ0v) is 14.4. The first-order chi connectivity index (χ1) is 10.8. The molecule has 3 rings (SSSR count). The van der Waals surface area contributed by atoms with Gasteiger partial charge in [-0.3, -0.25) is 10.7 Å². The molecule has 2 aromatic rings. The molecule has 0 unspecified atom stereocenters. The van der Waals surface area contributed by atoms with Crippen molar-refractivity contribution < 1.29 is 5.21 Å². The number of para-hydroxylation sites is 2. The standard InChI is InChI=1S/C20H26N2O/c1-19(2)11-12-20(3,4)16-13-14(9-10-15(16)19)21-17-7-5-6-8-18(17)22-23/h5-10,13,21-23H,11-12H2,1-4H3. The van der Waals surface area contributed by atoms with Crippen LogP contribution in [0.3, 0.4) is 0 Å². The van der Waals surface area contributed by atoms with Crippen molar-refractivity contribution in [3.8, 4) is 0 Å². The van der Waals surface area contributed by atoms with E-state index < -0.39 is 0 Å². The van der Waals surface area contributed by atoms with E-state index in [1.807, 2.05) is 24.3 Å². The Bertz CT molecular complexity index is 719. The summed E-state index contributed by atoms with van der Waals surface area (Å²) in [5.41, 5.74) is 8.13.